The molecule has 1 saturated carbocycles. The standard InChI is InChI=1S/C19H17ClN2O4/c1-26-19(25)13-6-9-15(20)16(10-13)22-18(24)12-4-7-14(8-5-12)21-17(23)11-2-3-11/h4-11H,2-3H2,1H3,(H,21,23)(H,22,24). The second kappa shape index (κ2) is 7.58. The molecular formula is C19H17ClN2O4. The number of nitrogens with one attached hydrogen (secondary N) is 2. The summed E-state index contributed by atoms with van der Waals surface area (Å²) in [6, 6.07) is 11.0. The summed E-state index contributed by atoms with van der Waals surface area (Å²) < 4.78 is 4.66. The molecule has 0 bridgehead atoms. The lowest BCUT2D eigenvalue weighted by molar-refractivity contribution is -0.117. The normalized spacial score (nSPS) is 13.0. The highest BCUT2D eigenvalue weighted by atomic mass is 35.5. The van der Waals surface area contributed by atoms with E-state index in [1.54, 1.807) is 24.3 Å². The van der Waals surface area contributed by atoms with Crippen LogP contribution in [0.25, 0.3) is 0 Å². The zero-order chi connectivity index (χ0) is 18.7. The average Bonchev–Trinajstić information content (AvgIpc) is 3.48. The molecule has 1 aliphatic carbocycles. The van der Waals surface area contributed by atoms with E-state index >= 15 is 0 Å². The first-order chi connectivity index (χ1) is 12.5. The number of esters is 1. The quantitative estimate of drug-likeness (QED) is 0.783. The number of halogens is 1. The molecular weight excluding hydrogens is 356 g/mol. The summed E-state index contributed by atoms with van der Waals surface area (Å²) in [7, 11) is 1.28. The van der Waals surface area contributed by atoms with E-state index in [2.05, 4.69) is 15.4 Å². The highest BCUT2D eigenvalue weighted by Crippen LogP contribution is 2.30. The summed E-state index contributed by atoms with van der Waals surface area (Å²) in [5.41, 5.74) is 1.63. The topological polar surface area (TPSA) is 84.5 Å². The van der Waals surface area contributed by atoms with Gasteiger partial charge in [-0.2, -0.15) is 0 Å². The van der Waals surface area contributed by atoms with E-state index in [1.165, 1.54) is 25.3 Å². The molecule has 2 amide bonds. The van der Waals surface area contributed by atoms with Gasteiger partial charge in [-0.25, -0.2) is 4.79 Å². The Kier molecular flexibility index (Phi) is 5.23. The van der Waals surface area contributed by atoms with Crippen LogP contribution >= 0.6 is 11.6 Å². The molecule has 0 aromatic heterocycles. The first-order valence-corrected chi connectivity index (χ1v) is 8.46. The van der Waals surface area contributed by atoms with Gasteiger partial charge in [-0.05, 0) is 55.3 Å². The fourth-order valence-corrected chi connectivity index (χ4v) is 2.52. The number of ether oxygens (including phenoxy) is 1. The summed E-state index contributed by atoms with van der Waals surface area (Å²) in [6.45, 7) is 0. The van der Waals surface area contributed by atoms with Crippen molar-refractivity contribution in [2.45, 2.75) is 12.8 Å². The van der Waals surface area contributed by atoms with Crippen molar-refractivity contribution in [3.05, 3.63) is 58.6 Å². The van der Waals surface area contributed by atoms with E-state index in [4.69, 9.17) is 11.6 Å². The molecule has 0 aliphatic heterocycles. The Balaban J connectivity index is 1.69. The third-order valence-electron chi connectivity index (χ3n) is 4.00. The van der Waals surface area contributed by atoms with Crippen LogP contribution in [0.5, 0.6) is 0 Å². The number of rotatable bonds is 5. The van der Waals surface area contributed by atoms with Crippen LogP contribution in [-0.2, 0) is 9.53 Å². The number of carbonyl (C=O) groups is 3. The van der Waals surface area contributed by atoms with Crippen molar-refractivity contribution in [1.82, 2.24) is 0 Å². The van der Waals surface area contributed by atoms with Crippen LogP contribution in [0.2, 0.25) is 5.02 Å². The van der Waals surface area contributed by atoms with E-state index in [0.29, 0.717) is 22.0 Å². The first-order valence-electron chi connectivity index (χ1n) is 8.08. The van der Waals surface area contributed by atoms with Gasteiger partial charge in [0.15, 0.2) is 0 Å². The molecule has 2 aromatic carbocycles. The Morgan fingerprint density at radius 1 is 1.00 bits per heavy atom. The summed E-state index contributed by atoms with van der Waals surface area (Å²) in [5.74, 6) is -0.780. The fraction of sp³-hybridized carbons (Fsp3) is 0.211. The van der Waals surface area contributed by atoms with Crippen LogP contribution in [-0.4, -0.2) is 24.9 Å². The smallest absolute Gasteiger partial charge is 0.337 e. The van der Waals surface area contributed by atoms with Gasteiger partial charge in [-0.3, -0.25) is 9.59 Å². The summed E-state index contributed by atoms with van der Waals surface area (Å²) in [6.07, 6.45) is 1.86. The molecule has 7 heteroatoms. The van der Waals surface area contributed by atoms with Gasteiger partial charge in [0.1, 0.15) is 0 Å². The van der Waals surface area contributed by atoms with E-state index in [0.717, 1.165) is 12.8 Å². The number of methoxy groups -OCH3 is 1. The zero-order valence-corrected chi connectivity index (χ0v) is 14.8. The zero-order valence-electron chi connectivity index (χ0n) is 14.0. The Morgan fingerprint density at radius 2 is 1.65 bits per heavy atom. The molecule has 0 unspecified atom stereocenters. The van der Waals surface area contributed by atoms with E-state index < -0.39 is 5.97 Å². The van der Waals surface area contributed by atoms with Crippen molar-refractivity contribution in [2.75, 3.05) is 17.7 Å². The fourth-order valence-electron chi connectivity index (χ4n) is 2.36. The number of carbonyl (C=O) groups excluding carboxylic acids is 3. The molecule has 2 N–H and O–H groups in total. The molecule has 0 heterocycles. The van der Waals surface area contributed by atoms with Crippen LogP contribution in [0, 0.1) is 5.92 Å². The summed E-state index contributed by atoms with van der Waals surface area (Å²) in [5, 5.41) is 5.79. The van der Waals surface area contributed by atoms with Crippen molar-refractivity contribution in [2.24, 2.45) is 5.92 Å². The van der Waals surface area contributed by atoms with Gasteiger partial charge in [0, 0.05) is 17.2 Å². The van der Waals surface area contributed by atoms with Gasteiger partial charge >= 0.3 is 5.97 Å². The van der Waals surface area contributed by atoms with Gasteiger partial charge in [0.2, 0.25) is 5.91 Å². The Bertz CT molecular complexity index is 860. The van der Waals surface area contributed by atoms with Gasteiger partial charge in [-0.1, -0.05) is 11.6 Å². The highest BCUT2D eigenvalue weighted by Gasteiger charge is 2.29. The van der Waals surface area contributed by atoms with Crippen LogP contribution in [0.15, 0.2) is 42.5 Å². The SMILES string of the molecule is COC(=O)c1ccc(Cl)c(NC(=O)c2ccc(NC(=O)C3CC3)cc2)c1. The second-order valence-corrected chi connectivity index (χ2v) is 6.39. The van der Waals surface area contributed by atoms with Gasteiger partial charge in [0.05, 0.1) is 23.4 Å². The predicted octanol–water partition coefficient (Wildman–Crippen LogP) is 3.73. The molecule has 3 rings (SSSR count). The molecule has 6 nitrogen and oxygen atoms in total. The maximum absolute atomic E-state index is 12.4. The van der Waals surface area contributed by atoms with E-state index in [1.807, 2.05) is 0 Å². The number of anilines is 2. The molecule has 0 spiro atoms. The molecule has 134 valence electrons. The number of hydrogen-bond acceptors (Lipinski definition) is 4. The van der Waals surface area contributed by atoms with Crippen molar-refractivity contribution >= 4 is 40.8 Å². The Morgan fingerprint density at radius 3 is 2.27 bits per heavy atom. The van der Waals surface area contributed by atoms with Crippen molar-refractivity contribution in [3.63, 3.8) is 0 Å². The van der Waals surface area contributed by atoms with Crippen LogP contribution in [0.4, 0.5) is 11.4 Å². The number of benzene rings is 2. The third kappa shape index (κ3) is 4.21. The molecule has 1 aliphatic rings. The van der Waals surface area contributed by atoms with Gasteiger partial charge in [0.25, 0.3) is 5.91 Å². The average molecular weight is 373 g/mol. The predicted molar refractivity (Wildman–Crippen MR) is 98.5 cm³/mol. The second-order valence-electron chi connectivity index (χ2n) is 5.98. The Hall–Kier alpha value is -2.86. The maximum Gasteiger partial charge on any atom is 0.337 e. The lowest BCUT2D eigenvalue weighted by Gasteiger charge is -2.10. The molecule has 0 radical (unpaired) electrons. The van der Waals surface area contributed by atoms with Crippen molar-refractivity contribution in [3.8, 4) is 0 Å². The summed E-state index contributed by atoms with van der Waals surface area (Å²) in [4.78, 5) is 35.7. The summed E-state index contributed by atoms with van der Waals surface area (Å²) >= 11 is 6.08. The van der Waals surface area contributed by atoms with Gasteiger partial charge in [-0.15, -0.1) is 0 Å². The van der Waals surface area contributed by atoms with E-state index in [9.17, 15) is 14.4 Å². The minimum atomic E-state index is -0.520. The maximum atomic E-state index is 12.4. The Labute approximate surface area is 155 Å². The van der Waals surface area contributed by atoms with Crippen molar-refractivity contribution < 1.29 is 19.1 Å². The molecule has 0 saturated heterocycles. The molecule has 26 heavy (non-hydrogen) atoms. The van der Waals surface area contributed by atoms with E-state index in [-0.39, 0.29) is 23.3 Å². The number of hydrogen-bond donors (Lipinski definition) is 2. The van der Waals surface area contributed by atoms with Crippen LogP contribution in [0.3, 0.4) is 0 Å². The minimum absolute atomic E-state index is 0.00797. The molecule has 0 atom stereocenters. The monoisotopic (exact) mass is 372 g/mol. The van der Waals surface area contributed by atoms with Crippen LogP contribution < -0.4 is 10.6 Å². The largest absolute Gasteiger partial charge is 0.465 e. The van der Waals surface area contributed by atoms with Gasteiger partial charge < -0.3 is 15.4 Å². The first kappa shape index (κ1) is 17.9. The van der Waals surface area contributed by atoms with Crippen LogP contribution in [0.1, 0.15) is 33.6 Å². The lowest BCUT2D eigenvalue weighted by Crippen LogP contribution is -2.15. The molecule has 1 fully saturated rings. The third-order valence-corrected chi connectivity index (χ3v) is 4.33. The van der Waals surface area contributed by atoms with Crippen molar-refractivity contribution in [1.29, 1.82) is 0 Å². The number of amides is 2. The lowest BCUT2D eigenvalue weighted by atomic mass is 10.1. The molecule has 2 aromatic rings. The minimum Gasteiger partial charge on any atom is -0.465 e. The highest BCUT2D eigenvalue weighted by molar-refractivity contribution is 6.34.